The predicted octanol–water partition coefficient (Wildman–Crippen LogP) is 11.3. The SMILES string of the molecule is CCCCOCC(O)COc1ccc(-c2nc(-c3ccc(OCC(O)COCCCC)cc3O)nc(-c3ccc(OCC(O)COCCCC)cc3O)n2)c(O)c1.CCCCOCC(O)COc1ccc(-c2nc(-c3ccc(OCC(O)COCCCC)cc3O)nc(-c3ccc(OCC(O)COCCCC)cc3O)n2)c(O)c1. The Bertz CT molecular complexity index is 3420. The molecule has 6 unspecified atom stereocenters. The molecule has 8 aromatic rings. The van der Waals surface area contributed by atoms with Crippen LogP contribution in [-0.2, 0) is 28.4 Å². The maximum atomic E-state index is 11.1. The van der Waals surface area contributed by atoms with E-state index in [1.807, 2.05) is 0 Å². The first kappa shape index (κ1) is 91.6. The number of nitrogens with zero attached hydrogens (tertiary/aromatic N) is 6. The van der Waals surface area contributed by atoms with Gasteiger partial charge in [-0.3, -0.25) is 0 Å². The van der Waals surface area contributed by atoms with E-state index in [-0.39, 0.29) is 217 Å². The molecule has 30 nitrogen and oxygen atoms in total. The minimum absolute atomic E-state index is 0.0141. The maximum Gasteiger partial charge on any atom is 0.167 e. The molecule has 0 fully saturated rings. The number of phenols is 6. The lowest BCUT2D eigenvalue weighted by Gasteiger charge is -2.15. The molecule has 0 radical (unpaired) electrons. The zero-order valence-corrected chi connectivity index (χ0v) is 66.0. The zero-order chi connectivity index (χ0) is 82.0. The second-order valence-electron chi connectivity index (χ2n) is 27.0. The molecule has 12 N–H and O–H groups in total. The van der Waals surface area contributed by atoms with Gasteiger partial charge in [-0.15, -0.1) is 0 Å². The van der Waals surface area contributed by atoms with Crippen molar-refractivity contribution in [1.82, 2.24) is 29.9 Å². The molecular formula is C84H114N6O24. The molecule has 0 saturated heterocycles. The Balaban J connectivity index is 0.000000316. The highest BCUT2D eigenvalue weighted by molar-refractivity contribution is 5.76. The molecule has 2 aromatic heterocycles. The van der Waals surface area contributed by atoms with Crippen molar-refractivity contribution >= 4 is 0 Å². The normalized spacial score (nSPS) is 12.9. The van der Waals surface area contributed by atoms with Gasteiger partial charge in [-0.25, -0.2) is 29.9 Å². The van der Waals surface area contributed by atoms with Gasteiger partial charge in [0.05, 0.1) is 73.0 Å². The molecule has 6 atom stereocenters. The fourth-order valence-electron chi connectivity index (χ4n) is 10.5. The van der Waals surface area contributed by atoms with Gasteiger partial charge in [-0.05, 0) is 111 Å². The summed E-state index contributed by atoms with van der Waals surface area (Å²) in [6.07, 6.45) is 6.06. The second-order valence-corrected chi connectivity index (χ2v) is 27.0. The summed E-state index contributed by atoms with van der Waals surface area (Å²) < 4.78 is 66.8. The van der Waals surface area contributed by atoms with Crippen molar-refractivity contribution in [3.8, 4) is 137 Å². The first-order valence-electron chi connectivity index (χ1n) is 39.1. The van der Waals surface area contributed by atoms with E-state index in [9.17, 15) is 61.3 Å². The minimum Gasteiger partial charge on any atom is -0.507 e. The van der Waals surface area contributed by atoms with E-state index in [0.717, 1.165) is 77.0 Å². The lowest BCUT2D eigenvalue weighted by molar-refractivity contribution is 0.0113. The minimum atomic E-state index is -0.865. The summed E-state index contributed by atoms with van der Waals surface area (Å²) >= 11 is 0. The highest BCUT2D eigenvalue weighted by atomic mass is 16.5. The Morgan fingerprint density at radius 2 is 0.360 bits per heavy atom. The van der Waals surface area contributed by atoms with Crippen LogP contribution in [0.15, 0.2) is 109 Å². The van der Waals surface area contributed by atoms with Crippen molar-refractivity contribution in [2.75, 3.05) is 119 Å². The average molecular weight is 1590 g/mol. The van der Waals surface area contributed by atoms with Crippen LogP contribution in [0.2, 0.25) is 0 Å². The second kappa shape index (κ2) is 50.6. The van der Waals surface area contributed by atoms with Crippen molar-refractivity contribution < 1.29 is 118 Å². The van der Waals surface area contributed by atoms with E-state index in [2.05, 4.69) is 71.4 Å². The fraction of sp³-hybridized carbons (Fsp3) is 0.500. The molecule has 0 bridgehead atoms. The Morgan fingerprint density at radius 3 is 0.482 bits per heavy atom. The van der Waals surface area contributed by atoms with Gasteiger partial charge in [0, 0.05) is 76.0 Å². The van der Waals surface area contributed by atoms with Crippen molar-refractivity contribution in [3.63, 3.8) is 0 Å². The highest BCUT2D eigenvalue weighted by Crippen LogP contribution is 2.41. The summed E-state index contributed by atoms with van der Waals surface area (Å²) in [7, 11) is 0. The van der Waals surface area contributed by atoms with Crippen LogP contribution in [0.3, 0.4) is 0 Å². The largest absolute Gasteiger partial charge is 0.507 e. The smallest absolute Gasteiger partial charge is 0.167 e. The Kier molecular flexibility index (Phi) is 40.7. The van der Waals surface area contributed by atoms with Crippen molar-refractivity contribution in [2.24, 2.45) is 0 Å². The third-order valence-electron chi connectivity index (χ3n) is 16.9. The Hall–Kier alpha value is -9.54. The third-order valence-corrected chi connectivity index (χ3v) is 16.9. The van der Waals surface area contributed by atoms with E-state index >= 15 is 0 Å². The summed E-state index contributed by atoms with van der Waals surface area (Å²) in [4.78, 5) is 27.5. The maximum absolute atomic E-state index is 11.1. The first-order valence-corrected chi connectivity index (χ1v) is 39.1. The average Bonchev–Trinajstić information content (AvgIpc) is 0.786. The number of hydrogen-bond donors (Lipinski definition) is 12. The van der Waals surface area contributed by atoms with Crippen LogP contribution in [0.1, 0.15) is 119 Å². The van der Waals surface area contributed by atoms with Crippen molar-refractivity contribution in [2.45, 2.75) is 155 Å². The van der Waals surface area contributed by atoms with Crippen LogP contribution in [0.4, 0.5) is 0 Å². The van der Waals surface area contributed by atoms with Gasteiger partial charge in [0.25, 0.3) is 0 Å². The quantitative estimate of drug-likeness (QED) is 0.0158. The standard InChI is InChI=1S/2C42H57N3O12/c2*1-4-7-16-52-22-28(46)25-55-31-10-13-34(37(49)19-31)40-43-41(35-14-11-32(20-38(35)50)56-26-29(47)23-53-17-8-5-2)45-42(44-40)36-15-12-33(21-39(36)51)57-27-30(48)24-54-18-9-6-3/h2*10-15,19-21,28-30,46-51H,4-9,16-18,22-27H2,1-3H3. The number of aliphatic hydroxyl groups excluding tert-OH is 6. The van der Waals surface area contributed by atoms with Crippen molar-refractivity contribution in [3.05, 3.63) is 109 Å². The topological polar surface area (TPSA) is 431 Å². The molecule has 624 valence electrons. The van der Waals surface area contributed by atoms with Gasteiger partial charge in [-0.1, -0.05) is 80.1 Å². The predicted molar refractivity (Wildman–Crippen MR) is 426 cm³/mol. The zero-order valence-electron chi connectivity index (χ0n) is 66.0. The molecule has 0 aliphatic rings. The van der Waals surface area contributed by atoms with Crippen molar-refractivity contribution in [1.29, 1.82) is 0 Å². The molecule has 0 aliphatic heterocycles. The number of benzene rings is 6. The van der Waals surface area contributed by atoms with Gasteiger partial charge in [-0.2, -0.15) is 0 Å². The highest BCUT2D eigenvalue weighted by Gasteiger charge is 2.24. The van der Waals surface area contributed by atoms with Crippen LogP contribution >= 0.6 is 0 Å². The number of unbranched alkanes of at least 4 members (excludes halogenated alkanes) is 6. The molecule has 114 heavy (non-hydrogen) atoms. The summed E-state index contributed by atoms with van der Waals surface area (Å²) in [6, 6.07) is 26.9. The Labute approximate surface area is 665 Å². The molecule has 2 heterocycles. The van der Waals surface area contributed by atoms with Crippen LogP contribution < -0.4 is 28.4 Å². The molecule has 0 spiro atoms. The number of aromatic nitrogens is 6. The summed E-state index contributed by atoms with van der Waals surface area (Å²) in [5.41, 5.74) is 1.17. The first-order chi connectivity index (χ1) is 55.2. The summed E-state index contributed by atoms with van der Waals surface area (Å²) in [5, 5.41) is 128. The lowest BCUT2D eigenvalue weighted by atomic mass is 10.1. The van der Waals surface area contributed by atoms with E-state index in [1.54, 1.807) is 72.8 Å². The molecule has 0 saturated carbocycles. The van der Waals surface area contributed by atoms with Crippen LogP contribution in [0.5, 0.6) is 69.0 Å². The number of phenolic OH excluding ortho intramolecular Hbond substituents is 6. The lowest BCUT2D eigenvalue weighted by Crippen LogP contribution is -2.23. The number of rotatable bonds is 54. The number of ether oxygens (including phenoxy) is 12. The fourth-order valence-corrected chi connectivity index (χ4v) is 10.5. The van der Waals surface area contributed by atoms with Gasteiger partial charge < -0.3 is 118 Å². The monoisotopic (exact) mass is 1590 g/mol. The van der Waals surface area contributed by atoms with Gasteiger partial charge in [0.15, 0.2) is 34.9 Å². The van der Waals surface area contributed by atoms with E-state index in [1.165, 1.54) is 36.4 Å². The van der Waals surface area contributed by atoms with Crippen LogP contribution in [0.25, 0.3) is 68.3 Å². The third kappa shape index (κ3) is 31.7. The van der Waals surface area contributed by atoms with Gasteiger partial charge in [0.2, 0.25) is 0 Å². The van der Waals surface area contributed by atoms with Gasteiger partial charge in [0.1, 0.15) is 145 Å². The molecule has 6 aromatic carbocycles. The van der Waals surface area contributed by atoms with Crippen LogP contribution in [0, 0.1) is 0 Å². The Morgan fingerprint density at radius 1 is 0.219 bits per heavy atom. The van der Waals surface area contributed by atoms with Gasteiger partial charge >= 0.3 is 0 Å². The number of aromatic hydroxyl groups is 6. The molecule has 30 heteroatoms. The molecule has 0 amide bonds. The molecular weight excluding hydrogens is 1480 g/mol. The number of aliphatic hydroxyl groups is 6. The number of hydrogen-bond acceptors (Lipinski definition) is 30. The van der Waals surface area contributed by atoms with E-state index < -0.39 is 36.6 Å². The molecule has 0 aliphatic carbocycles. The van der Waals surface area contributed by atoms with E-state index in [0.29, 0.717) is 39.6 Å². The summed E-state index contributed by atoms with van der Waals surface area (Å²) in [5.74, 6) is 0.389. The summed E-state index contributed by atoms with van der Waals surface area (Å²) in [6.45, 7) is 15.9. The van der Waals surface area contributed by atoms with E-state index in [4.69, 9.17) is 56.8 Å². The molecule has 8 rings (SSSR count). The van der Waals surface area contributed by atoms with Crippen LogP contribution in [-0.4, -0.2) is 247 Å².